The second-order valence-corrected chi connectivity index (χ2v) is 11.9. The second kappa shape index (κ2) is 10.1. The van der Waals surface area contributed by atoms with Crippen molar-refractivity contribution in [1.82, 2.24) is 0 Å². The number of carbonyl (C=O) groups excluding carboxylic acids is 2. The molecule has 0 aromatic heterocycles. The van der Waals surface area contributed by atoms with E-state index in [4.69, 9.17) is 11.5 Å². The number of carbonyl (C=O) groups is 2. The molecule has 0 saturated heterocycles. The monoisotopic (exact) mass is 531 g/mol. The van der Waals surface area contributed by atoms with Crippen molar-refractivity contribution in [2.24, 2.45) is 16.5 Å². The first kappa shape index (κ1) is 26.8. The lowest BCUT2D eigenvalue weighted by atomic mass is 10.0. The number of fused-ring (bicyclic) bond motifs is 2. The molecule has 0 radical (unpaired) electrons. The molecule has 2 aliphatic heterocycles. The van der Waals surface area contributed by atoms with E-state index < -0.39 is 31.6 Å². The maximum atomic E-state index is 12.0. The third kappa shape index (κ3) is 5.89. The van der Waals surface area contributed by atoms with Crippen LogP contribution >= 0.6 is 0 Å². The summed E-state index contributed by atoms with van der Waals surface area (Å²) < 4.78 is 52.4. The molecular formula is C24H25N3O7S2. The molecular weight excluding hydrogens is 506 g/mol. The van der Waals surface area contributed by atoms with Crippen molar-refractivity contribution in [2.75, 3.05) is 7.11 Å². The Morgan fingerprint density at radius 2 is 1.25 bits per heavy atom. The molecule has 0 saturated carbocycles. The number of guanidine groups is 1. The van der Waals surface area contributed by atoms with E-state index in [-0.39, 0.29) is 26.9 Å². The summed E-state index contributed by atoms with van der Waals surface area (Å²) >= 11 is 0. The average Bonchev–Trinajstić information content (AvgIpc) is 2.77. The Morgan fingerprint density at radius 1 is 0.806 bits per heavy atom. The number of hydrogen-bond donors (Lipinski definition) is 2. The number of sulfone groups is 2. The average molecular weight is 532 g/mol. The number of amides is 1. The highest BCUT2D eigenvalue weighted by Crippen LogP contribution is 2.29. The first-order valence-electron chi connectivity index (χ1n) is 10.6. The van der Waals surface area contributed by atoms with Gasteiger partial charge in [0.2, 0.25) is 0 Å². The van der Waals surface area contributed by atoms with E-state index in [0.29, 0.717) is 18.4 Å². The van der Waals surface area contributed by atoms with Crippen LogP contribution in [-0.2, 0) is 37.3 Å². The maximum Gasteiger partial charge on any atom is 0.337 e. The molecule has 4 N–H and O–H groups in total. The molecule has 1 amide bonds. The lowest BCUT2D eigenvalue weighted by Gasteiger charge is -2.15. The molecule has 10 nitrogen and oxygen atoms in total. The molecule has 2 heterocycles. The Kier molecular flexibility index (Phi) is 7.51. The summed E-state index contributed by atoms with van der Waals surface area (Å²) in [5.41, 5.74) is 13.6. The molecule has 2 aromatic rings. The third-order valence-corrected chi connectivity index (χ3v) is 8.71. The number of rotatable bonds is 2. The zero-order valence-electron chi connectivity index (χ0n) is 19.8. The highest BCUT2D eigenvalue weighted by molar-refractivity contribution is 7.94. The van der Waals surface area contributed by atoms with E-state index in [2.05, 4.69) is 9.73 Å². The zero-order valence-corrected chi connectivity index (χ0v) is 21.4. The normalized spacial score (nSPS) is 16.5. The fourth-order valence-electron chi connectivity index (χ4n) is 3.83. The quantitative estimate of drug-likeness (QED) is 0.333. The minimum Gasteiger partial charge on any atom is -0.465 e. The molecule has 0 spiro atoms. The van der Waals surface area contributed by atoms with Crippen LogP contribution in [0.2, 0.25) is 0 Å². The van der Waals surface area contributed by atoms with Gasteiger partial charge in [-0.05, 0) is 62.1 Å². The molecule has 4 rings (SSSR count). The van der Waals surface area contributed by atoms with Gasteiger partial charge in [0.25, 0.3) is 5.91 Å². The van der Waals surface area contributed by atoms with Crippen molar-refractivity contribution in [3.05, 3.63) is 80.6 Å². The van der Waals surface area contributed by atoms with Gasteiger partial charge in [-0.2, -0.15) is 4.99 Å². The lowest BCUT2D eigenvalue weighted by molar-refractivity contribution is 0.0600. The van der Waals surface area contributed by atoms with Crippen molar-refractivity contribution in [3.63, 3.8) is 0 Å². The first-order valence-corrected chi connectivity index (χ1v) is 13.7. The number of allylic oxidation sites excluding steroid dienone is 2. The van der Waals surface area contributed by atoms with Gasteiger partial charge in [0, 0.05) is 16.4 Å². The predicted molar refractivity (Wildman–Crippen MR) is 134 cm³/mol. The molecule has 2 aliphatic rings. The van der Waals surface area contributed by atoms with Crippen LogP contribution in [0.1, 0.15) is 45.7 Å². The van der Waals surface area contributed by atoms with Crippen LogP contribution in [0.5, 0.6) is 0 Å². The van der Waals surface area contributed by atoms with Crippen LogP contribution in [0, 0.1) is 0 Å². The van der Waals surface area contributed by atoms with E-state index in [9.17, 15) is 26.4 Å². The molecule has 36 heavy (non-hydrogen) atoms. The Morgan fingerprint density at radius 3 is 1.69 bits per heavy atom. The van der Waals surface area contributed by atoms with Gasteiger partial charge in [0.1, 0.15) is 0 Å². The first-order chi connectivity index (χ1) is 16.7. The van der Waals surface area contributed by atoms with Crippen molar-refractivity contribution in [1.29, 1.82) is 0 Å². The van der Waals surface area contributed by atoms with Gasteiger partial charge < -0.3 is 16.2 Å². The number of benzene rings is 2. The smallest absolute Gasteiger partial charge is 0.337 e. The second-order valence-electron chi connectivity index (χ2n) is 8.35. The molecule has 190 valence electrons. The largest absolute Gasteiger partial charge is 0.465 e. The number of ether oxygens (including phenoxy) is 1. The van der Waals surface area contributed by atoms with Crippen molar-refractivity contribution < 1.29 is 31.2 Å². The highest BCUT2D eigenvalue weighted by atomic mass is 32.2. The summed E-state index contributed by atoms with van der Waals surface area (Å²) in [7, 11) is -5.66. The number of nitrogens with zero attached hydrogens (tertiary/aromatic N) is 1. The number of nitrogens with two attached hydrogens (primary N) is 2. The Bertz CT molecular complexity index is 1560. The van der Waals surface area contributed by atoms with Gasteiger partial charge in [-0.25, -0.2) is 21.6 Å². The number of esters is 1. The maximum absolute atomic E-state index is 12.0. The summed E-state index contributed by atoms with van der Waals surface area (Å²) in [6.45, 7) is 3.52. The minimum absolute atomic E-state index is 0.134. The van der Waals surface area contributed by atoms with E-state index in [1.165, 1.54) is 36.1 Å². The summed E-state index contributed by atoms with van der Waals surface area (Å²) in [6.07, 6.45) is 1.14. The topological polar surface area (TPSA) is 176 Å². The van der Waals surface area contributed by atoms with Gasteiger partial charge in [-0.3, -0.25) is 4.79 Å². The third-order valence-electron chi connectivity index (χ3n) is 5.30. The summed E-state index contributed by atoms with van der Waals surface area (Å²) in [5, 5.41) is 2.46. The minimum atomic E-state index is -3.50. The van der Waals surface area contributed by atoms with Crippen LogP contribution in [0.3, 0.4) is 0 Å². The zero-order chi connectivity index (χ0) is 26.8. The molecule has 2 aromatic carbocycles. The molecule has 0 atom stereocenters. The Hall–Kier alpha value is -3.77. The standard InChI is InChI=1S/C12H13N3O3S.C12H12O4S/c1-7-4-8-2-3-9(11(16)15-12(13)14)5-10(8)19(17,18)6-7;1-8-5-9-3-4-10(12(13)16-2)6-11(9)17(14,15)7-8/h2-3,5-6H,4H2,1H3,(H4,13,14,15,16);3-4,6-7H,5H2,1-2H3. The summed E-state index contributed by atoms with van der Waals surface area (Å²) in [6, 6.07) is 9.05. The van der Waals surface area contributed by atoms with E-state index in [1.54, 1.807) is 32.0 Å². The number of methoxy groups -OCH3 is 1. The van der Waals surface area contributed by atoms with Gasteiger partial charge in [0.15, 0.2) is 25.6 Å². The Labute approximate surface area is 209 Å². The highest BCUT2D eigenvalue weighted by Gasteiger charge is 2.24. The van der Waals surface area contributed by atoms with Crippen LogP contribution in [0.25, 0.3) is 0 Å². The van der Waals surface area contributed by atoms with Gasteiger partial charge in [-0.1, -0.05) is 23.3 Å². The van der Waals surface area contributed by atoms with E-state index in [1.807, 2.05) is 0 Å². The van der Waals surface area contributed by atoms with E-state index in [0.717, 1.165) is 16.7 Å². The number of aliphatic imine (C=N–C) groups is 1. The lowest BCUT2D eigenvalue weighted by Crippen LogP contribution is -2.24. The van der Waals surface area contributed by atoms with Crippen molar-refractivity contribution in [2.45, 2.75) is 36.5 Å². The Balaban J connectivity index is 0.000000202. The summed E-state index contributed by atoms with van der Waals surface area (Å²) in [4.78, 5) is 26.7. The van der Waals surface area contributed by atoms with E-state index >= 15 is 0 Å². The molecule has 12 heteroatoms. The predicted octanol–water partition coefficient (Wildman–Crippen LogP) is 2.04. The molecule has 0 unspecified atom stereocenters. The van der Waals surface area contributed by atoms with Crippen LogP contribution < -0.4 is 11.5 Å². The van der Waals surface area contributed by atoms with Crippen LogP contribution in [0.15, 0.2) is 73.1 Å². The van der Waals surface area contributed by atoms with Crippen LogP contribution in [0.4, 0.5) is 0 Å². The number of hydrogen-bond acceptors (Lipinski definition) is 7. The molecule has 0 fully saturated rings. The summed E-state index contributed by atoms with van der Waals surface area (Å²) in [5.74, 6) is -1.56. The van der Waals surface area contributed by atoms with Crippen LogP contribution in [-0.4, -0.2) is 41.8 Å². The fraction of sp³-hybridized carbons (Fsp3) is 0.208. The van der Waals surface area contributed by atoms with Gasteiger partial charge in [0.05, 0.1) is 22.5 Å². The van der Waals surface area contributed by atoms with Crippen molar-refractivity contribution in [3.8, 4) is 0 Å². The molecule has 0 aliphatic carbocycles. The van der Waals surface area contributed by atoms with Gasteiger partial charge in [-0.15, -0.1) is 0 Å². The SMILES string of the molecule is CC1=CS(=O)(=O)c2cc(C(=O)N=C(N)N)ccc2C1.COC(=O)c1ccc2c(c1)S(=O)(=O)C=C(C)C2. The fourth-order valence-corrected chi connectivity index (χ4v) is 6.91. The van der Waals surface area contributed by atoms with Crippen molar-refractivity contribution >= 4 is 37.5 Å². The van der Waals surface area contributed by atoms with Gasteiger partial charge >= 0.3 is 5.97 Å². The molecule has 0 bridgehead atoms.